The van der Waals surface area contributed by atoms with Gasteiger partial charge in [0.25, 0.3) is 0 Å². The lowest BCUT2D eigenvalue weighted by atomic mass is 9.78. The van der Waals surface area contributed by atoms with Crippen LogP contribution in [0.4, 0.5) is 0 Å². The van der Waals surface area contributed by atoms with Crippen LogP contribution in [0.2, 0.25) is 0 Å². The van der Waals surface area contributed by atoms with Crippen molar-refractivity contribution in [1.29, 1.82) is 5.26 Å². The SMILES string of the molecule is CCCc1ccc(C#Cc2ccc(CCC3CCC(CCC)CC3)c(C#N)c2)cc1. The number of nitrogens with zero attached hydrogens (tertiary/aromatic N) is 1. The molecular weight excluding hydrogens is 362 g/mol. The molecule has 0 saturated heterocycles. The number of hydrogen-bond donors (Lipinski definition) is 0. The minimum absolute atomic E-state index is 0.791. The minimum atomic E-state index is 0.791. The Morgan fingerprint density at radius 2 is 1.40 bits per heavy atom. The van der Waals surface area contributed by atoms with Crippen molar-refractivity contribution in [2.45, 2.75) is 78.1 Å². The molecule has 0 aromatic heterocycles. The van der Waals surface area contributed by atoms with Crippen molar-refractivity contribution < 1.29 is 0 Å². The zero-order valence-corrected chi connectivity index (χ0v) is 18.7. The van der Waals surface area contributed by atoms with E-state index in [4.69, 9.17) is 0 Å². The first-order chi connectivity index (χ1) is 14.7. The molecule has 1 nitrogen and oxygen atoms in total. The second-order valence-electron chi connectivity index (χ2n) is 8.89. The van der Waals surface area contributed by atoms with E-state index in [0.717, 1.165) is 47.8 Å². The number of nitriles is 1. The second kappa shape index (κ2) is 11.6. The predicted molar refractivity (Wildman–Crippen MR) is 126 cm³/mol. The van der Waals surface area contributed by atoms with Gasteiger partial charge in [0.05, 0.1) is 11.6 Å². The summed E-state index contributed by atoms with van der Waals surface area (Å²) in [7, 11) is 0. The average Bonchev–Trinajstić information content (AvgIpc) is 2.79. The quantitative estimate of drug-likeness (QED) is 0.445. The highest BCUT2D eigenvalue weighted by Gasteiger charge is 2.20. The molecule has 1 saturated carbocycles. The van der Waals surface area contributed by atoms with Crippen LogP contribution in [-0.4, -0.2) is 0 Å². The fourth-order valence-corrected chi connectivity index (χ4v) is 4.74. The summed E-state index contributed by atoms with van der Waals surface area (Å²) < 4.78 is 0. The molecule has 1 fully saturated rings. The summed E-state index contributed by atoms with van der Waals surface area (Å²) in [4.78, 5) is 0. The Kier molecular flexibility index (Phi) is 8.59. The topological polar surface area (TPSA) is 23.8 Å². The molecule has 0 aliphatic heterocycles. The number of hydrogen-bond acceptors (Lipinski definition) is 1. The molecule has 0 atom stereocenters. The zero-order valence-electron chi connectivity index (χ0n) is 18.7. The highest BCUT2D eigenvalue weighted by Crippen LogP contribution is 2.34. The summed E-state index contributed by atoms with van der Waals surface area (Å²) in [5.41, 5.74) is 5.28. The van der Waals surface area contributed by atoms with Crippen LogP contribution < -0.4 is 0 Å². The molecule has 0 N–H and O–H groups in total. The maximum Gasteiger partial charge on any atom is 0.0994 e. The fraction of sp³-hybridized carbons (Fsp3) is 0.483. The van der Waals surface area contributed by atoms with Gasteiger partial charge in [-0.25, -0.2) is 0 Å². The summed E-state index contributed by atoms with van der Waals surface area (Å²) >= 11 is 0. The van der Waals surface area contributed by atoms with Crippen molar-refractivity contribution in [3.05, 3.63) is 70.3 Å². The van der Waals surface area contributed by atoms with Gasteiger partial charge in [-0.05, 0) is 66.5 Å². The van der Waals surface area contributed by atoms with E-state index < -0.39 is 0 Å². The molecule has 1 heteroatoms. The Hall–Kier alpha value is -2.51. The van der Waals surface area contributed by atoms with E-state index >= 15 is 0 Å². The van der Waals surface area contributed by atoms with E-state index in [-0.39, 0.29) is 0 Å². The summed E-state index contributed by atoms with van der Waals surface area (Å²) in [6.45, 7) is 4.49. The van der Waals surface area contributed by atoms with Gasteiger partial charge >= 0.3 is 0 Å². The van der Waals surface area contributed by atoms with Gasteiger partial charge in [0, 0.05) is 11.1 Å². The van der Waals surface area contributed by atoms with Crippen LogP contribution in [0.15, 0.2) is 42.5 Å². The number of rotatable bonds is 7. The molecule has 1 aliphatic rings. The fourth-order valence-electron chi connectivity index (χ4n) is 4.74. The Bertz CT molecular complexity index is 896. The first-order valence-corrected chi connectivity index (χ1v) is 11.9. The lowest BCUT2D eigenvalue weighted by molar-refractivity contribution is 0.252. The van der Waals surface area contributed by atoms with Crippen LogP contribution in [0.25, 0.3) is 0 Å². The molecule has 0 spiro atoms. The summed E-state index contributed by atoms with van der Waals surface area (Å²) in [6.07, 6.45) is 12.8. The summed E-state index contributed by atoms with van der Waals surface area (Å²) in [5.74, 6) is 8.27. The van der Waals surface area contributed by atoms with Crippen LogP contribution in [0.5, 0.6) is 0 Å². The molecule has 2 aromatic carbocycles. The van der Waals surface area contributed by atoms with Crippen LogP contribution in [0, 0.1) is 35.0 Å². The molecule has 156 valence electrons. The highest BCUT2D eigenvalue weighted by atomic mass is 14.3. The van der Waals surface area contributed by atoms with Crippen molar-refractivity contribution in [1.82, 2.24) is 0 Å². The van der Waals surface area contributed by atoms with Gasteiger partial charge in [0.15, 0.2) is 0 Å². The van der Waals surface area contributed by atoms with Crippen molar-refractivity contribution >= 4 is 0 Å². The van der Waals surface area contributed by atoms with Crippen molar-refractivity contribution in [3.63, 3.8) is 0 Å². The molecule has 0 amide bonds. The Morgan fingerprint density at radius 3 is 2.03 bits per heavy atom. The van der Waals surface area contributed by atoms with Crippen molar-refractivity contribution in [2.75, 3.05) is 0 Å². The van der Waals surface area contributed by atoms with Gasteiger partial charge in [0.1, 0.15) is 0 Å². The monoisotopic (exact) mass is 397 g/mol. The van der Waals surface area contributed by atoms with Gasteiger partial charge in [-0.15, -0.1) is 0 Å². The van der Waals surface area contributed by atoms with E-state index in [2.05, 4.69) is 68.2 Å². The molecule has 2 aromatic rings. The first kappa shape index (κ1) is 22.2. The van der Waals surface area contributed by atoms with Gasteiger partial charge in [-0.1, -0.05) is 88.8 Å². The van der Waals surface area contributed by atoms with Gasteiger partial charge < -0.3 is 0 Å². The van der Waals surface area contributed by atoms with Gasteiger partial charge in [-0.3, -0.25) is 0 Å². The van der Waals surface area contributed by atoms with Crippen LogP contribution in [0.1, 0.15) is 93.0 Å². The van der Waals surface area contributed by atoms with Crippen LogP contribution in [0.3, 0.4) is 0 Å². The van der Waals surface area contributed by atoms with Crippen molar-refractivity contribution in [2.24, 2.45) is 11.8 Å². The van der Waals surface area contributed by atoms with Crippen LogP contribution >= 0.6 is 0 Å². The molecule has 0 unspecified atom stereocenters. The van der Waals surface area contributed by atoms with Gasteiger partial charge in [-0.2, -0.15) is 5.26 Å². The average molecular weight is 398 g/mol. The third-order valence-corrected chi connectivity index (χ3v) is 6.56. The first-order valence-electron chi connectivity index (χ1n) is 11.9. The predicted octanol–water partition coefficient (Wildman–Crippen LogP) is 7.45. The standard InChI is InChI=1S/C29H35N/c1-3-5-23-7-11-25(12-8-23)15-16-27-18-20-28(29(21-27)22-30)19-17-26-13-9-24(6-4-2)10-14-26/h7-8,11-12,18,20-21,24,26H,3-6,9-10,13-14,17,19H2,1-2H3. The van der Waals surface area contributed by atoms with E-state index in [9.17, 15) is 5.26 Å². The normalized spacial score (nSPS) is 18.3. The molecule has 0 bridgehead atoms. The minimum Gasteiger partial charge on any atom is -0.192 e. The Morgan fingerprint density at radius 1 is 0.767 bits per heavy atom. The summed E-state index contributed by atoms with van der Waals surface area (Å²) in [5, 5.41) is 9.64. The Balaban J connectivity index is 1.58. The van der Waals surface area contributed by atoms with E-state index in [1.807, 2.05) is 6.07 Å². The zero-order chi connectivity index (χ0) is 21.2. The third kappa shape index (κ3) is 6.50. The lowest BCUT2D eigenvalue weighted by Gasteiger charge is -2.28. The second-order valence-corrected chi connectivity index (χ2v) is 8.89. The molecular formula is C29H35N. The number of aryl methyl sites for hydroxylation is 2. The molecule has 30 heavy (non-hydrogen) atoms. The molecule has 0 radical (unpaired) electrons. The third-order valence-electron chi connectivity index (χ3n) is 6.56. The maximum atomic E-state index is 9.64. The van der Waals surface area contributed by atoms with E-state index in [1.165, 1.54) is 56.1 Å². The molecule has 1 aliphatic carbocycles. The maximum absolute atomic E-state index is 9.64. The van der Waals surface area contributed by atoms with E-state index in [1.54, 1.807) is 0 Å². The van der Waals surface area contributed by atoms with Crippen molar-refractivity contribution in [3.8, 4) is 17.9 Å². The summed E-state index contributed by atoms with van der Waals surface area (Å²) in [6, 6.07) is 17.1. The largest absolute Gasteiger partial charge is 0.192 e. The lowest BCUT2D eigenvalue weighted by Crippen LogP contribution is -2.15. The Labute approximate surface area is 183 Å². The van der Waals surface area contributed by atoms with Gasteiger partial charge in [0.2, 0.25) is 0 Å². The highest BCUT2D eigenvalue weighted by molar-refractivity contribution is 5.49. The number of benzene rings is 2. The molecule has 3 rings (SSSR count). The smallest absolute Gasteiger partial charge is 0.0994 e. The van der Waals surface area contributed by atoms with Crippen LogP contribution in [-0.2, 0) is 12.8 Å². The van der Waals surface area contributed by atoms with E-state index in [0.29, 0.717) is 0 Å². The molecule has 0 heterocycles.